The summed E-state index contributed by atoms with van der Waals surface area (Å²) in [5.74, 6) is 0.659. The van der Waals surface area contributed by atoms with Crippen molar-refractivity contribution in [2.45, 2.75) is 46.6 Å². The Balaban J connectivity index is 2.69. The first-order valence-corrected chi connectivity index (χ1v) is 7.16. The van der Waals surface area contributed by atoms with Gasteiger partial charge < -0.3 is 10.6 Å². The minimum atomic E-state index is 0.102. The molecule has 3 heteroatoms. The van der Waals surface area contributed by atoms with Crippen molar-refractivity contribution in [3.8, 4) is 0 Å². The highest BCUT2D eigenvalue weighted by atomic mass is 16.1. The normalized spacial score (nSPS) is 12.5. The molecule has 2 N–H and O–H groups in total. The molecule has 0 saturated carbocycles. The molecular formula is C16H26N2O. The fourth-order valence-electron chi connectivity index (χ4n) is 2.04. The van der Waals surface area contributed by atoms with E-state index in [-0.39, 0.29) is 11.9 Å². The number of benzene rings is 1. The molecule has 0 fully saturated rings. The van der Waals surface area contributed by atoms with E-state index in [0.29, 0.717) is 12.3 Å². The number of carbonyl (C=O) groups excluding carboxylic acids is 1. The molecule has 1 aromatic carbocycles. The molecule has 106 valence electrons. The molecule has 0 saturated heterocycles. The lowest BCUT2D eigenvalue weighted by Gasteiger charge is -2.17. The Morgan fingerprint density at radius 2 is 1.89 bits per heavy atom. The molecule has 0 radical (unpaired) electrons. The van der Waals surface area contributed by atoms with Crippen molar-refractivity contribution < 1.29 is 4.79 Å². The molecule has 1 atom stereocenters. The summed E-state index contributed by atoms with van der Waals surface area (Å²) in [5.41, 5.74) is 2.06. The van der Waals surface area contributed by atoms with Crippen molar-refractivity contribution in [3.63, 3.8) is 0 Å². The predicted octanol–water partition coefficient (Wildman–Crippen LogP) is 3.73. The molecule has 0 aliphatic rings. The minimum Gasteiger partial charge on any atom is -0.326 e. The molecule has 0 heterocycles. The molecule has 1 aromatic rings. The van der Waals surface area contributed by atoms with Crippen molar-refractivity contribution >= 4 is 11.6 Å². The number of hydrogen-bond donors (Lipinski definition) is 2. The summed E-state index contributed by atoms with van der Waals surface area (Å²) in [6, 6.07) is 8.24. The lowest BCUT2D eigenvalue weighted by molar-refractivity contribution is -0.116. The molecule has 0 aromatic heterocycles. The van der Waals surface area contributed by atoms with Gasteiger partial charge in [-0.1, -0.05) is 39.0 Å². The quantitative estimate of drug-likeness (QED) is 0.786. The Morgan fingerprint density at radius 1 is 1.21 bits per heavy atom. The smallest absolute Gasteiger partial charge is 0.224 e. The van der Waals surface area contributed by atoms with Gasteiger partial charge in [0, 0.05) is 18.2 Å². The summed E-state index contributed by atoms with van der Waals surface area (Å²) in [4.78, 5) is 11.9. The molecule has 1 unspecified atom stereocenters. The van der Waals surface area contributed by atoms with Crippen LogP contribution in [-0.2, 0) is 4.79 Å². The van der Waals surface area contributed by atoms with E-state index in [4.69, 9.17) is 0 Å². The maximum absolute atomic E-state index is 11.9. The summed E-state index contributed by atoms with van der Waals surface area (Å²) < 4.78 is 0. The van der Waals surface area contributed by atoms with Gasteiger partial charge in [0.15, 0.2) is 0 Å². The molecule has 1 amide bonds. The minimum absolute atomic E-state index is 0.102. The highest BCUT2D eigenvalue weighted by molar-refractivity contribution is 5.91. The van der Waals surface area contributed by atoms with Gasteiger partial charge in [-0.25, -0.2) is 0 Å². The van der Waals surface area contributed by atoms with Crippen LogP contribution in [0.1, 0.15) is 52.1 Å². The summed E-state index contributed by atoms with van der Waals surface area (Å²) in [5, 5.41) is 6.40. The Hall–Kier alpha value is -1.35. The molecule has 3 nitrogen and oxygen atoms in total. The number of carbonyl (C=O) groups is 1. The van der Waals surface area contributed by atoms with E-state index in [9.17, 15) is 4.79 Å². The van der Waals surface area contributed by atoms with Crippen LogP contribution in [-0.4, -0.2) is 12.5 Å². The first-order chi connectivity index (χ1) is 9.04. The number of hydrogen-bond acceptors (Lipinski definition) is 2. The van der Waals surface area contributed by atoms with Crippen LogP contribution in [0.3, 0.4) is 0 Å². The average molecular weight is 262 g/mol. The van der Waals surface area contributed by atoms with E-state index in [1.807, 2.05) is 18.2 Å². The molecule has 0 aliphatic heterocycles. The lowest BCUT2D eigenvalue weighted by atomic mass is 10.0. The third-order valence-electron chi connectivity index (χ3n) is 3.16. The van der Waals surface area contributed by atoms with Gasteiger partial charge >= 0.3 is 0 Å². The van der Waals surface area contributed by atoms with Gasteiger partial charge in [0.2, 0.25) is 5.91 Å². The summed E-state index contributed by atoms with van der Waals surface area (Å²) in [6.45, 7) is 9.38. The van der Waals surface area contributed by atoms with Crippen LogP contribution in [0.2, 0.25) is 0 Å². The Bertz CT molecular complexity index is 401. The van der Waals surface area contributed by atoms with Gasteiger partial charge in [0.1, 0.15) is 0 Å². The van der Waals surface area contributed by atoms with Crippen LogP contribution < -0.4 is 10.6 Å². The molecule has 0 spiro atoms. The maximum atomic E-state index is 11.9. The Morgan fingerprint density at radius 3 is 2.53 bits per heavy atom. The second kappa shape index (κ2) is 7.95. The monoisotopic (exact) mass is 262 g/mol. The Kier molecular flexibility index (Phi) is 6.57. The number of anilines is 1. The van der Waals surface area contributed by atoms with E-state index < -0.39 is 0 Å². The van der Waals surface area contributed by atoms with Crippen molar-refractivity contribution in [1.29, 1.82) is 0 Å². The second-order valence-electron chi connectivity index (χ2n) is 5.35. The van der Waals surface area contributed by atoms with Gasteiger partial charge in [0.05, 0.1) is 0 Å². The summed E-state index contributed by atoms with van der Waals surface area (Å²) in [7, 11) is 0. The second-order valence-corrected chi connectivity index (χ2v) is 5.35. The first kappa shape index (κ1) is 15.7. The van der Waals surface area contributed by atoms with Gasteiger partial charge in [-0.15, -0.1) is 0 Å². The first-order valence-electron chi connectivity index (χ1n) is 7.16. The predicted molar refractivity (Wildman–Crippen MR) is 81.2 cm³/mol. The van der Waals surface area contributed by atoms with Gasteiger partial charge in [0.25, 0.3) is 0 Å². The topological polar surface area (TPSA) is 41.1 Å². The molecule has 0 bridgehead atoms. The standard InChI is InChI=1S/C16H26N2O/c1-5-17-13(4)14-8-6-7-9-15(14)18-16(19)11-10-12(2)3/h6-9,12-13,17H,5,10-11H2,1-4H3,(H,18,19). The highest BCUT2D eigenvalue weighted by Gasteiger charge is 2.11. The van der Waals surface area contributed by atoms with E-state index in [2.05, 4.69) is 44.4 Å². The zero-order valence-electron chi connectivity index (χ0n) is 12.5. The van der Waals surface area contributed by atoms with Gasteiger partial charge in [-0.3, -0.25) is 4.79 Å². The molecule has 19 heavy (non-hydrogen) atoms. The van der Waals surface area contributed by atoms with Crippen LogP contribution >= 0.6 is 0 Å². The number of rotatable bonds is 7. The SMILES string of the molecule is CCNC(C)c1ccccc1NC(=O)CCC(C)C. The number of nitrogens with one attached hydrogen (secondary N) is 2. The summed E-state index contributed by atoms with van der Waals surface area (Å²) >= 11 is 0. The largest absolute Gasteiger partial charge is 0.326 e. The fourth-order valence-corrected chi connectivity index (χ4v) is 2.04. The zero-order valence-corrected chi connectivity index (χ0v) is 12.5. The third-order valence-corrected chi connectivity index (χ3v) is 3.16. The van der Waals surface area contributed by atoms with Crippen LogP contribution in [0, 0.1) is 5.92 Å². The fraction of sp³-hybridized carbons (Fsp3) is 0.562. The lowest BCUT2D eigenvalue weighted by Crippen LogP contribution is -2.20. The van der Waals surface area contributed by atoms with Crippen LogP contribution in [0.25, 0.3) is 0 Å². The van der Waals surface area contributed by atoms with Crippen LogP contribution in [0.4, 0.5) is 5.69 Å². The van der Waals surface area contributed by atoms with Crippen molar-refractivity contribution in [3.05, 3.63) is 29.8 Å². The number of para-hydroxylation sites is 1. The van der Waals surface area contributed by atoms with Crippen molar-refractivity contribution in [2.75, 3.05) is 11.9 Å². The summed E-state index contributed by atoms with van der Waals surface area (Å²) in [6.07, 6.45) is 1.51. The van der Waals surface area contributed by atoms with E-state index in [1.54, 1.807) is 0 Å². The van der Waals surface area contributed by atoms with Crippen LogP contribution in [0.5, 0.6) is 0 Å². The molecule has 1 rings (SSSR count). The zero-order chi connectivity index (χ0) is 14.3. The third kappa shape index (κ3) is 5.43. The van der Waals surface area contributed by atoms with Crippen molar-refractivity contribution in [1.82, 2.24) is 5.32 Å². The van der Waals surface area contributed by atoms with Gasteiger partial charge in [-0.2, -0.15) is 0 Å². The van der Waals surface area contributed by atoms with E-state index in [0.717, 1.165) is 24.2 Å². The van der Waals surface area contributed by atoms with Gasteiger partial charge in [-0.05, 0) is 37.4 Å². The van der Waals surface area contributed by atoms with E-state index >= 15 is 0 Å². The highest BCUT2D eigenvalue weighted by Crippen LogP contribution is 2.22. The maximum Gasteiger partial charge on any atom is 0.224 e. The Labute approximate surface area is 116 Å². The number of amides is 1. The molecule has 0 aliphatic carbocycles. The average Bonchev–Trinajstić information content (AvgIpc) is 2.37. The van der Waals surface area contributed by atoms with E-state index in [1.165, 1.54) is 0 Å². The van der Waals surface area contributed by atoms with Crippen LogP contribution in [0.15, 0.2) is 24.3 Å². The molecular weight excluding hydrogens is 236 g/mol. The van der Waals surface area contributed by atoms with Crippen molar-refractivity contribution in [2.24, 2.45) is 5.92 Å².